The van der Waals surface area contributed by atoms with Gasteiger partial charge in [0.1, 0.15) is 5.82 Å². The molecule has 84 valence electrons. The SMILES string of the molecule is CC(C)n1cc(-c2ccc(N)cc2F)cn1. The van der Waals surface area contributed by atoms with E-state index in [9.17, 15) is 4.39 Å². The zero-order valence-electron chi connectivity index (χ0n) is 9.31. The molecule has 0 bridgehead atoms. The van der Waals surface area contributed by atoms with Crippen LogP contribution in [0.2, 0.25) is 0 Å². The van der Waals surface area contributed by atoms with E-state index in [-0.39, 0.29) is 11.9 Å². The van der Waals surface area contributed by atoms with Gasteiger partial charge >= 0.3 is 0 Å². The average molecular weight is 219 g/mol. The normalized spacial score (nSPS) is 11.0. The van der Waals surface area contributed by atoms with Gasteiger partial charge in [-0.15, -0.1) is 0 Å². The second-order valence-electron chi connectivity index (χ2n) is 4.04. The number of nitrogens with two attached hydrogens (primary N) is 1. The number of aromatic nitrogens is 2. The van der Waals surface area contributed by atoms with Gasteiger partial charge in [0.05, 0.1) is 6.20 Å². The number of rotatable bonds is 2. The lowest BCUT2D eigenvalue weighted by Gasteiger charge is -2.04. The van der Waals surface area contributed by atoms with Gasteiger partial charge in [0.2, 0.25) is 0 Å². The van der Waals surface area contributed by atoms with Crippen LogP contribution in [0.25, 0.3) is 11.1 Å². The molecule has 3 nitrogen and oxygen atoms in total. The first-order valence-electron chi connectivity index (χ1n) is 5.17. The molecule has 0 unspecified atom stereocenters. The number of halogens is 1. The van der Waals surface area contributed by atoms with E-state index in [0.717, 1.165) is 5.56 Å². The molecule has 0 saturated carbocycles. The molecule has 1 aromatic carbocycles. The highest BCUT2D eigenvalue weighted by molar-refractivity contribution is 5.64. The first-order chi connectivity index (χ1) is 7.58. The molecular formula is C12H14FN3. The van der Waals surface area contributed by atoms with E-state index in [1.165, 1.54) is 6.07 Å². The number of nitrogens with zero attached hydrogens (tertiary/aromatic N) is 2. The van der Waals surface area contributed by atoms with Gasteiger partial charge in [-0.3, -0.25) is 4.68 Å². The highest BCUT2D eigenvalue weighted by Crippen LogP contribution is 2.24. The molecule has 2 aromatic rings. The zero-order valence-corrected chi connectivity index (χ0v) is 9.31. The Labute approximate surface area is 93.7 Å². The summed E-state index contributed by atoms with van der Waals surface area (Å²) in [6, 6.07) is 4.95. The topological polar surface area (TPSA) is 43.8 Å². The second-order valence-corrected chi connectivity index (χ2v) is 4.04. The van der Waals surface area contributed by atoms with Gasteiger partial charge in [-0.05, 0) is 32.0 Å². The highest BCUT2D eigenvalue weighted by atomic mass is 19.1. The average Bonchev–Trinajstić information content (AvgIpc) is 2.66. The van der Waals surface area contributed by atoms with Crippen molar-refractivity contribution < 1.29 is 4.39 Å². The van der Waals surface area contributed by atoms with Crippen molar-refractivity contribution in [2.75, 3.05) is 5.73 Å². The molecule has 0 radical (unpaired) electrons. The Balaban J connectivity index is 2.42. The van der Waals surface area contributed by atoms with E-state index in [0.29, 0.717) is 11.3 Å². The molecule has 16 heavy (non-hydrogen) atoms. The van der Waals surface area contributed by atoms with Crippen LogP contribution in [0.3, 0.4) is 0 Å². The summed E-state index contributed by atoms with van der Waals surface area (Å²) in [4.78, 5) is 0. The maximum Gasteiger partial charge on any atom is 0.133 e. The Morgan fingerprint density at radius 2 is 2.12 bits per heavy atom. The summed E-state index contributed by atoms with van der Waals surface area (Å²) in [5.74, 6) is -0.316. The third-order valence-corrected chi connectivity index (χ3v) is 2.43. The van der Waals surface area contributed by atoms with Gasteiger partial charge in [-0.1, -0.05) is 0 Å². The molecule has 0 spiro atoms. The van der Waals surface area contributed by atoms with Crippen molar-refractivity contribution in [1.82, 2.24) is 9.78 Å². The minimum absolute atomic E-state index is 0.269. The number of nitrogen functional groups attached to an aromatic ring is 1. The molecule has 0 amide bonds. The van der Waals surface area contributed by atoms with Crippen LogP contribution in [0.5, 0.6) is 0 Å². The number of benzene rings is 1. The van der Waals surface area contributed by atoms with Crippen molar-refractivity contribution in [3.05, 3.63) is 36.4 Å². The summed E-state index contributed by atoms with van der Waals surface area (Å²) in [5.41, 5.74) is 7.22. The molecule has 0 aliphatic heterocycles. The standard InChI is InChI=1S/C12H14FN3/c1-8(2)16-7-9(6-15-16)11-4-3-10(14)5-12(11)13/h3-8H,14H2,1-2H3. The lowest BCUT2D eigenvalue weighted by Crippen LogP contribution is -1.99. The van der Waals surface area contributed by atoms with E-state index < -0.39 is 0 Å². The smallest absolute Gasteiger partial charge is 0.133 e. The highest BCUT2D eigenvalue weighted by Gasteiger charge is 2.08. The van der Waals surface area contributed by atoms with Gasteiger partial charge in [0.15, 0.2) is 0 Å². The summed E-state index contributed by atoms with van der Waals surface area (Å²) in [6.07, 6.45) is 3.49. The van der Waals surface area contributed by atoms with Crippen LogP contribution >= 0.6 is 0 Å². The minimum Gasteiger partial charge on any atom is -0.399 e. The third kappa shape index (κ3) is 1.91. The Bertz CT molecular complexity index is 503. The van der Waals surface area contributed by atoms with Crippen molar-refractivity contribution in [2.45, 2.75) is 19.9 Å². The molecule has 4 heteroatoms. The van der Waals surface area contributed by atoms with Gasteiger partial charge in [-0.25, -0.2) is 4.39 Å². The Morgan fingerprint density at radius 1 is 1.38 bits per heavy atom. The van der Waals surface area contributed by atoms with Gasteiger partial charge in [0, 0.05) is 29.1 Å². The maximum absolute atomic E-state index is 13.6. The van der Waals surface area contributed by atoms with Crippen LogP contribution in [-0.2, 0) is 0 Å². The van der Waals surface area contributed by atoms with Crippen LogP contribution in [0.4, 0.5) is 10.1 Å². The first kappa shape index (κ1) is 10.7. The largest absolute Gasteiger partial charge is 0.399 e. The molecule has 0 saturated heterocycles. The molecule has 1 aromatic heterocycles. The fourth-order valence-corrected chi connectivity index (χ4v) is 1.52. The van der Waals surface area contributed by atoms with Crippen molar-refractivity contribution >= 4 is 5.69 Å². The van der Waals surface area contributed by atoms with Crippen LogP contribution in [0.15, 0.2) is 30.6 Å². The predicted octanol–water partition coefficient (Wildman–Crippen LogP) is 2.85. The summed E-state index contributed by atoms with van der Waals surface area (Å²) in [7, 11) is 0. The van der Waals surface area contributed by atoms with E-state index >= 15 is 0 Å². The zero-order chi connectivity index (χ0) is 11.7. The maximum atomic E-state index is 13.6. The van der Waals surface area contributed by atoms with Crippen LogP contribution in [-0.4, -0.2) is 9.78 Å². The summed E-state index contributed by atoms with van der Waals surface area (Å²) in [5, 5.41) is 4.17. The van der Waals surface area contributed by atoms with Gasteiger partial charge in [-0.2, -0.15) is 5.10 Å². The van der Waals surface area contributed by atoms with Crippen molar-refractivity contribution in [3.63, 3.8) is 0 Å². The molecule has 0 fully saturated rings. The molecule has 1 heterocycles. The van der Waals surface area contributed by atoms with E-state index in [4.69, 9.17) is 5.73 Å². The Hall–Kier alpha value is -1.84. The molecule has 2 rings (SSSR count). The van der Waals surface area contributed by atoms with Gasteiger partial charge in [0.25, 0.3) is 0 Å². The Morgan fingerprint density at radius 3 is 2.69 bits per heavy atom. The van der Waals surface area contributed by atoms with E-state index in [1.54, 1.807) is 23.0 Å². The van der Waals surface area contributed by atoms with Crippen LogP contribution < -0.4 is 5.73 Å². The fraction of sp³-hybridized carbons (Fsp3) is 0.250. The summed E-state index contributed by atoms with van der Waals surface area (Å²) >= 11 is 0. The quantitative estimate of drug-likeness (QED) is 0.789. The molecule has 0 atom stereocenters. The van der Waals surface area contributed by atoms with Crippen LogP contribution in [0, 0.1) is 5.82 Å². The monoisotopic (exact) mass is 219 g/mol. The van der Waals surface area contributed by atoms with Crippen LogP contribution in [0.1, 0.15) is 19.9 Å². The number of hydrogen-bond acceptors (Lipinski definition) is 2. The predicted molar refractivity (Wildman–Crippen MR) is 62.4 cm³/mol. The van der Waals surface area contributed by atoms with E-state index in [2.05, 4.69) is 5.10 Å². The molecule has 2 N–H and O–H groups in total. The number of anilines is 1. The van der Waals surface area contributed by atoms with E-state index in [1.807, 2.05) is 20.0 Å². The van der Waals surface area contributed by atoms with Crippen molar-refractivity contribution in [2.24, 2.45) is 0 Å². The number of hydrogen-bond donors (Lipinski definition) is 1. The summed E-state index contributed by atoms with van der Waals surface area (Å²) < 4.78 is 15.4. The first-order valence-corrected chi connectivity index (χ1v) is 5.17. The van der Waals surface area contributed by atoms with Crippen molar-refractivity contribution in [1.29, 1.82) is 0 Å². The van der Waals surface area contributed by atoms with Gasteiger partial charge < -0.3 is 5.73 Å². The molecular weight excluding hydrogens is 205 g/mol. The molecule has 0 aliphatic carbocycles. The lowest BCUT2D eigenvalue weighted by molar-refractivity contribution is 0.532. The Kier molecular flexibility index (Phi) is 2.64. The fourth-order valence-electron chi connectivity index (χ4n) is 1.52. The lowest BCUT2D eigenvalue weighted by atomic mass is 10.1. The molecule has 0 aliphatic rings. The minimum atomic E-state index is -0.316. The van der Waals surface area contributed by atoms with Crippen molar-refractivity contribution in [3.8, 4) is 11.1 Å². The third-order valence-electron chi connectivity index (χ3n) is 2.43. The summed E-state index contributed by atoms with van der Waals surface area (Å²) in [6.45, 7) is 4.05. The second kappa shape index (κ2) is 3.96.